The number of nitrogens with zero attached hydrogens (tertiary/aromatic N) is 2. The Kier molecular flexibility index (Phi) is 5.28. The molecule has 0 aliphatic carbocycles. The molecule has 3 aromatic rings. The molecule has 0 saturated heterocycles. The molecule has 0 spiro atoms. The van der Waals surface area contributed by atoms with E-state index < -0.39 is 0 Å². The SMILES string of the molecule is COc1ccccc1NC(=O)c1ccc(Nc2ccccc2OC)nn1. The lowest BCUT2D eigenvalue weighted by atomic mass is 10.2. The number of methoxy groups -OCH3 is 2. The topological polar surface area (TPSA) is 85.4 Å². The predicted octanol–water partition coefficient (Wildman–Crippen LogP) is 3.49. The minimum Gasteiger partial charge on any atom is -0.495 e. The first-order chi connectivity index (χ1) is 12.7. The van der Waals surface area contributed by atoms with Crippen molar-refractivity contribution in [3.05, 3.63) is 66.4 Å². The van der Waals surface area contributed by atoms with Crippen LogP contribution in [-0.2, 0) is 0 Å². The van der Waals surface area contributed by atoms with E-state index in [1.54, 1.807) is 38.5 Å². The Hall–Kier alpha value is -3.61. The molecule has 0 saturated carbocycles. The number of amides is 1. The van der Waals surface area contributed by atoms with Crippen molar-refractivity contribution in [1.82, 2.24) is 10.2 Å². The van der Waals surface area contributed by atoms with E-state index in [0.29, 0.717) is 23.0 Å². The fraction of sp³-hybridized carbons (Fsp3) is 0.105. The van der Waals surface area contributed by atoms with Gasteiger partial charge in [-0.1, -0.05) is 24.3 Å². The number of para-hydroxylation sites is 4. The highest BCUT2D eigenvalue weighted by Gasteiger charge is 2.12. The first-order valence-electron chi connectivity index (χ1n) is 7.89. The molecule has 3 rings (SSSR count). The van der Waals surface area contributed by atoms with E-state index in [1.165, 1.54) is 0 Å². The van der Waals surface area contributed by atoms with Gasteiger partial charge < -0.3 is 20.1 Å². The Bertz CT molecular complexity index is 897. The third-order valence-electron chi connectivity index (χ3n) is 3.62. The maximum atomic E-state index is 12.3. The molecular formula is C19H18N4O3. The molecule has 1 heterocycles. The Morgan fingerprint density at radius 2 is 1.42 bits per heavy atom. The zero-order valence-corrected chi connectivity index (χ0v) is 14.4. The maximum absolute atomic E-state index is 12.3. The van der Waals surface area contributed by atoms with Crippen LogP contribution in [0.15, 0.2) is 60.7 Å². The summed E-state index contributed by atoms with van der Waals surface area (Å²) >= 11 is 0. The summed E-state index contributed by atoms with van der Waals surface area (Å²) in [7, 11) is 3.14. The minimum absolute atomic E-state index is 0.196. The second kappa shape index (κ2) is 7.98. The van der Waals surface area contributed by atoms with Gasteiger partial charge in [0.05, 0.1) is 25.6 Å². The molecule has 2 aromatic carbocycles. The van der Waals surface area contributed by atoms with E-state index in [-0.39, 0.29) is 11.6 Å². The standard InChI is InChI=1S/C19H18N4O3/c1-25-16-9-5-3-7-13(16)20-18-12-11-15(22-23-18)19(24)21-14-8-4-6-10-17(14)26-2/h3-12H,1-2H3,(H,20,23)(H,21,24). The molecule has 7 nitrogen and oxygen atoms in total. The fourth-order valence-corrected chi connectivity index (χ4v) is 2.34. The molecule has 1 aromatic heterocycles. The third kappa shape index (κ3) is 3.89. The first-order valence-corrected chi connectivity index (χ1v) is 7.89. The van der Waals surface area contributed by atoms with Crippen LogP contribution < -0.4 is 20.1 Å². The summed E-state index contributed by atoms with van der Waals surface area (Å²) in [6, 6.07) is 17.9. The monoisotopic (exact) mass is 350 g/mol. The van der Waals surface area contributed by atoms with Crippen LogP contribution in [0.2, 0.25) is 0 Å². The van der Waals surface area contributed by atoms with Gasteiger partial charge in [-0.25, -0.2) is 0 Å². The van der Waals surface area contributed by atoms with Crippen LogP contribution in [0.1, 0.15) is 10.5 Å². The van der Waals surface area contributed by atoms with Gasteiger partial charge in [0, 0.05) is 0 Å². The predicted molar refractivity (Wildman–Crippen MR) is 99.3 cm³/mol. The molecule has 0 radical (unpaired) electrons. The van der Waals surface area contributed by atoms with Crippen molar-refractivity contribution in [3.8, 4) is 11.5 Å². The van der Waals surface area contributed by atoms with Gasteiger partial charge in [-0.15, -0.1) is 10.2 Å². The first kappa shape index (κ1) is 17.2. The molecule has 0 atom stereocenters. The summed E-state index contributed by atoms with van der Waals surface area (Å²) in [4.78, 5) is 12.3. The van der Waals surface area contributed by atoms with E-state index in [0.717, 1.165) is 5.69 Å². The van der Waals surface area contributed by atoms with E-state index in [4.69, 9.17) is 9.47 Å². The minimum atomic E-state index is -0.370. The van der Waals surface area contributed by atoms with Crippen molar-refractivity contribution in [2.75, 3.05) is 24.9 Å². The number of nitrogens with one attached hydrogen (secondary N) is 2. The number of benzene rings is 2. The number of hydrogen-bond donors (Lipinski definition) is 2. The van der Waals surface area contributed by atoms with Crippen molar-refractivity contribution < 1.29 is 14.3 Å². The van der Waals surface area contributed by atoms with Gasteiger partial charge in [-0.2, -0.15) is 0 Å². The molecule has 7 heteroatoms. The van der Waals surface area contributed by atoms with Crippen molar-refractivity contribution in [2.24, 2.45) is 0 Å². The van der Waals surface area contributed by atoms with Crippen LogP contribution in [0.3, 0.4) is 0 Å². The zero-order valence-electron chi connectivity index (χ0n) is 14.4. The van der Waals surface area contributed by atoms with Crippen LogP contribution in [-0.4, -0.2) is 30.3 Å². The highest BCUT2D eigenvalue weighted by molar-refractivity contribution is 6.03. The lowest BCUT2D eigenvalue weighted by Crippen LogP contribution is -2.15. The van der Waals surface area contributed by atoms with Crippen molar-refractivity contribution in [3.63, 3.8) is 0 Å². The lowest BCUT2D eigenvalue weighted by molar-refractivity contribution is 0.102. The number of aromatic nitrogens is 2. The van der Waals surface area contributed by atoms with Gasteiger partial charge in [-0.05, 0) is 36.4 Å². The molecule has 26 heavy (non-hydrogen) atoms. The third-order valence-corrected chi connectivity index (χ3v) is 3.62. The Balaban J connectivity index is 1.72. The summed E-state index contributed by atoms with van der Waals surface area (Å²) in [5.41, 5.74) is 1.52. The highest BCUT2D eigenvalue weighted by Crippen LogP contribution is 2.26. The quantitative estimate of drug-likeness (QED) is 0.708. The van der Waals surface area contributed by atoms with E-state index >= 15 is 0 Å². The summed E-state index contributed by atoms with van der Waals surface area (Å²) in [5.74, 6) is 1.39. The summed E-state index contributed by atoms with van der Waals surface area (Å²) in [6.45, 7) is 0. The average Bonchev–Trinajstić information content (AvgIpc) is 2.69. The van der Waals surface area contributed by atoms with Crippen LogP contribution in [0.4, 0.5) is 17.2 Å². The number of anilines is 3. The molecule has 0 bridgehead atoms. The number of hydrogen-bond acceptors (Lipinski definition) is 6. The van der Waals surface area contributed by atoms with Gasteiger partial charge in [0.2, 0.25) is 0 Å². The number of carbonyl (C=O) groups excluding carboxylic acids is 1. The zero-order chi connectivity index (χ0) is 18.4. The van der Waals surface area contributed by atoms with Crippen molar-refractivity contribution in [1.29, 1.82) is 0 Å². The molecule has 2 N–H and O–H groups in total. The molecule has 0 aliphatic heterocycles. The molecule has 1 amide bonds. The van der Waals surface area contributed by atoms with Crippen LogP contribution in [0, 0.1) is 0 Å². The number of ether oxygens (including phenoxy) is 2. The molecule has 132 valence electrons. The van der Waals surface area contributed by atoms with Gasteiger partial charge in [-0.3, -0.25) is 4.79 Å². The average molecular weight is 350 g/mol. The smallest absolute Gasteiger partial charge is 0.276 e. The van der Waals surface area contributed by atoms with Gasteiger partial charge >= 0.3 is 0 Å². The van der Waals surface area contributed by atoms with Crippen LogP contribution >= 0.6 is 0 Å². The molecule has 0 fully saturated rings. The Morgan fingerprint density at radius 3 is 2.04 bits per heavy atom. The largest absolute Gasteiger partial charge is 0.495 e. The van der Waals surface area contributed by atoms with Crippen LogP contribution in [0.25, 0.3) is 0 Å². The van der Waals surface area contributed by atoms with Gasteiger partial charge in [0.1, 0.15) is 11.5 Å². The second-order valence-electron chi connectivity index (χ2n) is 5.28. The molecular weight excluding hydrogens is 332 g/mol. The van der Waals surface area contributed by atoms with E-state index in [1.807, 2.05) is 36.4 Å². The summed E-state index contributed by atoms with van der Waals surface area (Å²) < 4.78 is 10.5. The van der Waals surface area contributed by atoms with Crippen molar-refractivity contribution >= 4 is 23.1 Å². The molecule has 0 unspecified atom stereocenters. The summed E-state index contributed by atoms with van der Waals surface area (Å²) in [5, 5.41) is 13.9. The van der Waals surface area contributed by atoms with Crippen molar-refractivity contribution in [2.45, 2.75) is 0 Å². The normalized spacial score (nSPS) is 10.1. The van der Waals surface area contributed by atoms with Crippen LogP contribution in [0.5, 0.6) is 11.5 Å². The van der Waals surface area contributed by atoms with E-state index in [2.05, 4.69) is 20.8 Å². The lowest BCUT2D eigenvalue weighted by Gasteiger charge is -2.11. The number of rotatable bonds is 6. The summed E-state index contributed by atoms with van der Waals surface area (Å²) in [6.07, 6.45) is 0. The number of carbonyl (C=O) groups is 1. The maximum Gasteiger partial charge on any atom is 0.276 e. The van der Waals surface area contributed by atoms with Gasteiger partial charge in [0.25, 0.3) is 5.91 Å². The Morgan fingerprint density at radius 1 is 0.808 bits per heavy atom. The van der Waals surface area contributed by atoms with Gasteiger partial charge in [0.15, 0.2) is 11.5 Å². The molecule has 0 aliphatic rings. The second-order valence-corrected chi connectivity index (χ2v) is 5.28. The highest BCUT2D eigenvalue weighted by atomic mass is 16.5. The Labute approximate surface area is 151 Å². The fourth-order valence-electron chi connectivity index (χ4n) is 2.34. The van der Waals surface area contributed by atoms with E-state index in [9.17, 15) is 4.79 Å².